The summed E-state index contributed by atoms with van der Waals surface area (Å²) in [6.45, 7) is 6.89. The highest BCUT2D eigenvalue weighted by Gasteiger charge is 2.31. The van der Waals surface area contributed by atoms with Gasteiger partial charge >= 0.3 is 6.36 Å². The Balaban J connectivity index is 2.27. The number of aromatic nitrogens is 3. The average Bonchev–Trinajstić information content (AvgIpc) is 2.93. The molecule has 6 nitrogen and oxygen atoms in total. The number of imidazole rings is 1. The van der Waals surface area contributed by atoms with Crippen molar-refractivity contribution in [1.82, 2.24) is 14.6 Å². The van der Waals surface area contributed by atoms with Gasteiger partial charge in [0.1, 0.15) is 11.6 Å². The molecule has 0 fully saturated rings. The van der Waals surface area contributed by atoms with Crippen molar-refractivity contribution in [2.75, 3.05) is 11.9 Å². The predicted octanol–water partition coefficient (Wildman–Crippen LogP) is 4.15. The fourth-order valence-corrected chi connectivity index (χ4v) is 2.40. The van der Waals surface area contributed by atoms with E-state index >= 15 is 0 Å². The van der Waals surface area contributed by atoms with Gasteiger partial charge in [0.2, 0.25) is 0 Å². The summed E-state index contributed by atoms with van der Waals surface area (Å²) in [5.41, 5.74) is 0.783. The van der Waals surface area contributed by atoms with E-state index in [0.717, 1.165) is 0 Å². The number of fused-ring (bicyclic) bond motifs is 1. The van der Waals surface area contributed by atoms with Crippen LogP contribution in [0.5, 0.6) is 0 Å². The molecule has 2 aromatic rings. The largest absolute Gasteiger partial charge is 0.572 e. The Morgan fingerprint density at radius 2 is 2.04 bits per heavy atom. The first-order valence-electron chi connectivity index (χ1n) is 8.40. The number of halogens is 3. The summed E-state index contributed by atoms with van der Waals surface area (Å²) in [6.07, 6.45) is 0.264. The first-order valence-corrected chi connectivity index (χ1v) is 8.40. The lowest BCUT2D eigenvalue weighted by molar-refractivity contribution is -0.305. The second-order valence-corrected chi connectivity index (χ2v) is 6.67. The summed E-state index contributed by atoms with van der Waals surface area (Å²) < 4.78 is 42.6. The van der Waals surface area contributed by atoms with Crippen LogP contribution in [-0.2, 0) is 4.74 Å². The zero-order chi connectivity index (χ0) is 20.2. The van der Waals surface area contributed by atoms with Gasteiger partial charge in [0, 0.05) is 12.1 Å². The lowest BCUT2D eigenvalue weighted by Gasteiger charge is -2.17. The molecule has 2 N–H and O–H groups in total. The van der Waals surface area contributed by atoms with Gasteiger partial charge in [0.05, 0.1) is 17.5 Å². The van der Waals surface area contributed by atoms with Gasteiger partial charge in [-0.25, -0.2) is 9.50 Å². The molecule has 9 heteroatoms. The molecular weight excluding hydrogens is 361 g/mol. The summed E-state index contributed by atoms with van der Waals surface area (Å²) in [6, 6.07) is 3.50. The van der Waals surface area contributed by atoms with Crippen LogP contribution in [0.1, 0.15) is 39.8 Å². The van der Waals surface area contributed by atoms with Gasteiger partial charge in [0.15, 0.2) is 5.65 Å². The Kier molecular flexibility index (Phi) is 6.15. The minimum atomic E-state index is -4.74. The third-order valence-electron chi connectivity index (χ3n) is 3.65. The third kappa shape index (κ3) is 6.28. The van der Waals surface area contributed by atoms with E-state index in [1.807, 2.05) is 0 Å². The first-order chi connectivity index (χ1) is 12.5. The summed E-state index contributed by atoms with van der Waals surface area (Å²) in [5.74, 6) is 0.277. The maximum atomic E-state index is 12.4. The Morgan fingerprint density at radius 1 is 1.33 bits per heavy atom. The van der Waals surface area contributed by atoms with Gasteiger partial charge in [0.25, 0.3) is 0 Å². The quantitative estimate of drug-likeness (QED) is 0.554. The maximum absolute atomic E-state index is 12.4. The van der Waals surface area contributed by atoms with Gasteiger partial charge < -0.3 is 15.2 Å². The standard InChI is InChI=1S/C18H23F3N4O2/c1-5-13(10-12(2)27-18(19,20)21)14-11-23-16-7-6-15(24-25(14)16)22-9-8-17(3,4)26/h5-7,10-11,26H,8-9H2,1-4H3,(H,22,24)/b12-10+,13-5+. The Morgan fingerprint density at radius 3 is 2.63 bits per heavy atom. The highest BCUT2D eigenvalue weighted by molar-refractivity contribution is 5.73. The average molecular weight is 384 g/mol. The molecule has 0 aliphatic heterocycles. The molecule has 0 aromatic carbocycles. The smallest absolute Gasteiger partial charge is 0.411 e. The Hall–Kier alpha value is -2.55. The van der Waals surface area contributed by atoms with Crippen molar-refractivity contribution in [3.63, 3.8) is 0 Å². The Bertz CT molecular complexity index is 848. The Labute approximate surface area is 155 Å². The van der Waals surface area contributed by atoms with Gasteiger partial charge in [-0.2, -0.15) is 0 Å². The van der Waals surface area contributed by atoms with Gasteiger partial charge in [-0.05, 0) is 52.3 Å². The normalized spacial score (nSPS) is 13.9. The maximum Gasteiger partial charge on any atom is 0.572 e. The molecule has 2 aromatic heterocycles. The molecule has 0 bridgehead atoms. The first kappa shape index (κ1) is 20.8. The van der Waals surface area contributed by atoms with Crippen molar-refractivity contribution in [3.8, 4) is 0 Å². The second-order valence-electron chi connectivity index (χ2n) is 6.67. The van der Waals surface area contributed by atoms with Crippen molar-refractivity contribution in [3.05, 3.63) is 41.9 Å². The molecule has 0 radical (unpaired) electrons. The number of anilines is 1. The van der Waals surface area contributed by atoms with Crippen LogP contribution in [0.3, 0.4) is 0 Å². The van der Waals surface area contributed by atoms with E-state index in [2.05, 4.69) is 20.1 Å². The fourth-order valence-electron chi connectivity index (χ4n) is 2.40. The van der Waals surface area contributed by atoms with Crippen molar-refractivity contribution in [1.29, 1.82) is 0 Å². The van der Waals surface area contributed by atoms with Crippen molar-refractivity contribution < 1.29 is 23.0 Å². The van der Waals surface area contributed by atoms with Crippen LogP contribution >= 0.6 is 0 Å². The topological polar surface area (TPSA) is 71.7 Å². The van der Waals surface area contributed by atoms with Gasteiger partial charge in [-0.15, -0.1) is 18.3 Å². The third-order valence-corrected chi connectivity index (χ3v) is 3.65. The minimum absolute atomic E-state index is 0.287. The molecule has 0 unspecified atom stereocenters. The number of alkyl halides is 3. The molecule has 148 valence electrons. The van der Waals surface area contributed by atoms with E-state index in [9.17, 15) is 18.3 Å². The van der Waals surface area contributed by atoms with E-state index < -0.39 is 12.0 Å². The molecule has 0 spiro atoms. The molecule has 0 atom stereocenters. The number of rotatable bonds is 7. The second kappa shape index (κ2) is 7.99. The number of aliphatic hydroxyl groups is 1. The van der Waals surface area contributed by atoms with Crippen LogP contribution in [0, 0.1) is 0 Å². The van der Waals surface area contributed by atoms with Gasteiger partial charge in [-0.1, -0.05) is 6.08 Å². The lowest BCUT2D eigenvalue weighted by Crippen LogP contribution is -2.23. The van der Waals surface area contributed by atoms with Crippen molar-refractivity contribution in [2.45, 2.75) is 46.1 Å². The highest BCUT2D eigenvalue weighted by atomic mass is 19.4. The SMILES string of the molecule is C/C=C(\C=C(/C)OC(F)(F)F)c1cnc2ccc(NCCC(C)(C)O)nn12. The minimum Gasteiger partial charge on any atom is -0.411 e. The lowest BCUT2D eigenvalue weighted by atomic mass is 10.1. The van der Waals surface area contributed by atoms with Crippen molar-refractivity contribution in [2.24, 2.45) is 0 Å². The zero-order valence-electron chi connectivity index (χ0n) is 15.6. The van der Waals surface area contributed by atoms with Crippen LogP contribution in [-0.4, -0.2) is 38.2 Å². The number of nitrogens with one attached hydrogen (secondary N) is 1. The molecule has 0 saturated carbocycles. The highest BCUT2D eigenvalue weighted by Crippen LogP contribution is 2.24. The van der Waals surface area contributed by atoms with Gasteiger partial charge in [-0.3, -0.25) is 0 Å². The van der Waals surface area contributed by atoms with Crippen LogP contribution in [0.25, 0.3) is 11.2 Å². The molecule has 2 heterocycles. The molecule has 0 saturated heterocycles. The summed E-state index contributed by atoms with van der Waals surface area (Å²) in [4.78, 5) is 4.23. The predicted molar refractivity (Wildman–Crippen MR) is 96.9 cm³/mol. The van der Waals surface area contributed by atoms with Crippen LogP contribution in [0.2, 0.25) is 0 Å². The zero-order valence-corrected chi connectivity index (χ0v) is 15.6. The molecule has 0 aliphatic rings. The molecule has 2 rings (SSSR count). The van der Waals surface area contributed by atoms with Crippen LogP contribution < -0.4 is 5.32 Å². The molecule has 27 heavy (non-hydrogen) atoms. The number of nitrogens with zero attached hydrogens (tertiary/aromatic N) is 3. The van der Waals surface area contributed by atoms with E-state index in [1.54, 1.807) is 43.5 Å². The molecular formula is C18H23F3N4O2. The number of ether oxygens (including phenoxy) is 1. The monoisotopic (exact) mass is 384 g/mol. The van der Waals surface area contributed by atoms with E-state index in [4.69, 9.17) is 0 Å². The van der Waals surface area contributed by atoms with E-state index in [1.165, 1.54) is 19.2 Å². The summed E-state index contributed by atoms with van der Waals surface area (Å²) in [7, 11) is 0. The van der Waals surface area contributed by atoms with E-state index in [-0.39, 0.29) is 5.76 Å². The molecule has 0 aliphatic carbocycles. The molecule has 0 amide bonds. The number of hydrogen-bond donors (Lipinski definition) is 2. The van der Waals surface area contributed by atoms with Crippen LogP contribution in [0.4, 0.5) is 19.0 Å². The summed E-state index contributed by atoms with van der Waals surface area (Å²) in [5, 5.41) is 17.3. The van der Waals surface area contributed by atoms with Crippen molar-refractivity contribution >= 4 is 17.0 Å². The number of hydrogen-bond acceptors (Lipinski definition) is 5. The summed E-state index contributed by atoms with van der Waals surface area (Å²) >= 11 is 0. The van der Waals surface area contributed by atoms with Crippen LogP contribution in [0.15, 0.2) is 36.2 Å². The number of allylic oxidation sites excluding steroid dienone is 4. The fraction of sp³-hybridized carbons (Fsp3) is 0.444. The van der Waals surface area contributed by atoms with E-state index in [0.29, 0.717) is 35.7 Å².